The van der Waals surface area contributed by atoms with Gasteiger partial charge >= 0.3 is 0 Å². The van der Waals surface area contributed by atoms with E-state index in [0.717, 1.165) is 0 Å². The van der Waals surface area contributed by atoms with E-state index in [0.29, 0.717) is 11.0 Å². The maximum atomic E-state index is 12.3. The lowest BCUT2D eigenvalue weighted by atomic mass is 10.3. The van der Waals surface area contributed by atoms with Crippen molar-refractivity contribution in [3.8, 4) is 0 Å². The number of benzene rings is 1. The van der Waals surface area contributed by atoms with E-state index in [1.807, 2.05) is 0 Å². The third-order valence-corrected chi connectivity index (χ3v) is 1.31. The molecule has 0 bridgehead atoms. The number of hydrogen-bond donors (Lipinski definition) is 0. The Morgan fingerprint density at radius 2 is 2.40 bits per heavy atom. The summed E-state index contributed by atoms with van der Waals surface area (Å²) in [6.07, 6.45) is 0. The molecule has 0 unspecified atom stereocenters. The van der Waals surface area contributed by atoms with Crippen LogP contribution in [0.3, 0.4) is 0 Å². The van der Waals surface area contributed by atoms with Gasteiger partial charge in [0.05, 0.1) is 0 Å². The first-order valence-electron chi connectivity index (χ1n) is 2.92. The minimum atomic E-state index is -0.558. The molecule has 10 heavy (non-hydrogen) atoms. The average Bonchev–Trinajstić information content (AvgIpc) is 2.27. The Morgan fingerprint density at radius 1 is 1.50 bits per heavy atom. The molecule has 0 saturated carbocycles. The van der Waals surface area contributed by atoms with Gasteiger partial charge in [0.1, 0.15) is 5.58 Å². The summed E-state index contributed by atoms with van der Waals surface area (Å²) in [7, 11) is 0. The first kappa shape index (κ1) is 5.47. The van der Waals surface area contributed by atoms with E-state index >= 15 is 0 Å². The highest BCUT2D eigenvalue weighted by molar-refractivity contribution is 5.75. The Hall–Kier alpha value is -1.31. The summed E-state index contributed by atoms with van der Waals surface area (Å²) in [5.74, 6) is 0. The normalized spacial score (nSPS) is 10.5. The zero-order valence-corrected chi connectivity index (χ0v) is 5.10. The zero-order valence-electron chi connectivity index (χ0n) is 5.10. The van der Waals surface area contributed by atoms with Gasteiger partial charge in [0, 0.05) is 11.5 Å². The largest absolute Gasteiger partial charge is 0.431 e. The molecule has 0 saturated heterocycles. The second-order valence-electron chi connectivity index (χ2n) is 2.00. The van der Waals surface area contributed by atoms with Crippen LogP contribution in [-0.4, -0.2) is 0 Å². The third kappa shape index (κ3) is 0.692. The standard InChI is InChI=1S/C8H4FO/c9-8-5-6-3-1-2-4-7(6)10-8/h1-2,4-5H. The molecule has 1 nitrogen and oxygen atoms in total. The van der Waals surface area contributed by atoms with Gasteiger partial charge in [-0.15, -0.1) is 0 Å². The molecular formula is C8H4FO. The van der Waals surface area contributed by atoms with Crippen LogP contribution in [0.1, 0.15) is 0 Å². The highest BCUT2D eigenvalue weighted by atomic mass is 19.1. The number of fused-ring (bicyclic) bond motifs is 1. The van der Waals surface area contributed by atoms with Crippen LogP contribution in [0.5, 0.6) is 0 Å². The fraction of sp³-hybridized carbons (Fsp3) is 0. The summed E-state index contributed by atoms with van der Waals surface area (Å²) in [5.41, 5.74) is 0.542. The van der Waals surface area contributed by atoms with Crippen LogP contribution in [-0.2, 0) is 0 Å². The number of furan rings is 1. The van der Waals surface area contributed by atoms with Crippen molar-refractivity contribution in [1.82, 2.24) is 0 Å². The van der Waals surface area contributed by atoms with E-state index in [1.165, 1.54) is 6.07 Å². The second-order valence-corrected chi connectivity index (χ2v) is 2.00. The van der Waals surface area contributed by atoms with Gasteiger partial charge in [0.2, 0.25) is 0 Å². The number of halogens is 1. The van der Waals surface area contributed by atoms with Crippen LogP contribution in [0.15, 0.2) is 28.7 Å². The molecule has 0 N–H and O–H groups in total. The monoisotopic (exact) mass is 135 g/mol. The highest BCUT2D eigenvalue weighted by Gasteiger charge is 1.99. The van der Waals surface area contributed by atoms with Gasteiger partial charge in [-0.05, 0) is 12.1 Å². The minimum Gasteiger partial charge on any atom is -0.431 e. The Labute approximate surface area is 57.1 Å². The van der Waals surface area contributed by atoms with Crippen molar-refractivity contribution >= 4 is 11.0 Å². The Bertz CT molecular complexity index is 318. The van der Waals surface area contributed by atoms with Crippen LogP contribution in [0.4, 0.5) is 4.39 Å². The second kappa shape index (κ2) is 1.84. The molecule has 2 heteroatoms. The maximum absolute atomic E-state index is 12.3. The Morgan fingerprint density at radius 3 is 3.20 bits per heavy atom. The summed E-state index contributed by atoms with van der Waals surface area (Å²) in [4.78, 5) is 0. The van der Waals surface area contributed by atoms with Gasteiger partial charge < -0.3 is 4.42 Å². The molecular weight excluding hydrogens is 131 g/mol. The summed E-state index contributed by atoms with van der Waals surface area (Å²) in [6.45, 7) is 0. The summed E-state index contributed by atoms with van der Waals surface area (Å²) in [6, 6.07) is 8.77. The van der Waals surface area contributed by atoms with E-state index in [2.05, 4.69) is 10.5 Å². The molecule has 0 aliphatic heterocycles. The average molecular weight is 135 g/mol. The summed E-state index contributed by atoms with van der Waals surface area (Å²) >= 11 is 0. The van der Waals surface area contributed by atoms with Crippen molar-refractivity contribution in [3.05, 3.63) is 36.3 Å². The minimum absolute atomic E-state index is 0.542. The number of hydrogen-bond acceptors (Lipinski definition) is 1. The van der Waals surface area contributed by atoms with Crippen molar-refractivity contribution < 1.29 is 8.81 Å². The lowest BCUT2D eigenvalue weighted by Crippen LogP contribution is -1.58. The zero-order chi connectivity index (χ0) is 6.97. The van der Waals surface area contributed by atoms with Crippen molar-refractivity contribution in [2.24, 2.45) is 0 Å². The van der Waals surface area contributed by atoms with Crippen LogP contribution < -0.4 is 0 Å². The highest BCUT2D eigenvalue weighted by Crippen LogP contribution is 2.16. The van der Waals surface area contributed by atoms with Gasteiger partial charge in [-0.2, -0.15) is 4.39 Å². The summed E-state index contributed by atoms with van der Waals surface area (Å²) in [5, 5.41) is 0.681. The maximum Gasteiger partial charge on any atom is 0.278 e. The molecule has 0 amide bonds. The molecule has 1 aromatic heterocycles. The predicted octanol–water partition coefficient (Wildman–Crippen LogP) is 2.37. The van der Waals surface area contributed by atoms with Crippen LogP contribution in [0, 0.1) is 12.1 Å². The van der Waals surface area contributed by atoms with Gasteiger partial charge in [0.25, 0.3) is 6.01 Å². The first-order valence-corrected chi connectivity index (χ1v) is 2.92. The van der Waals surface area contributed by atoms with Gasteiger partial charge in [-0.3, -0.25) is 0 Å². The van der Waals surface area contributed by atoms with Gasteiger partial charge in [-0.1, -0.05) is 12.1 Å². The molecule has 1 radical (unpaired) electrons. The van der Waals surface area contributed by atoms with Crippen LogP contribution >= 0.6 is 0 Å². The van der Waals surface area contributed by atoms with Crippen molar-refractivity contribution in [2.45, 2.75) is 0 Å². The lowest BCUT2D eigenvalue weighted by molar-refractivity contribution is 0.381. The molecule has 2 aromatic rings. The van der Waals surface area contributed by atoms with E-state index in [4.69, 9.17) is 0 Å². The van der Waals surface area contributed by atoms with E-state index in [1.54, 1.807) is 18.2 Å². The van der Waals surface area contributed by atoms with Crippen LogP contribution in [0.2, 0.25) is 0 Å². The third-order valence-electron chi connectivity index (χ3n) is 1.31. The van der Waals surface area contributed by atoms with Crippen molar-refractivity contribution in [3.63, 3.8) is 0 Å². The number of rotatable bonds is 0. The molecule has 0 aliphatic rings. The van der Waals surface area contributed by atoms with Gasteiger partial charge in [-0.25, -0.2) is 0 Å². The molecule has 0 aliphatic carbocycles. The lowest BCUT2D eigenvalue weighted by Gasteiger charge is -1.80. The van der Waals surface area contributed by atoms with E-state index < -0.39 is 6.01 Å². The van der Waals surface area contributed by atoms with Crippen molar-refractivity contribution in [2.75, 3.05) is 0 Å². The van der Waals surface area contributed by atoms with Crippen LogP contribution in [0.25, 0.3) is 11.0 Å². The predicted molar refractivity (Wildman–Crippen MR) is 35.0 cm³/mol. The fourth-order valence-electron chi connectivity index (χ4n) is 0.884. The first-order chi connectivity index (χ1) is 4.86. The Balaban J connectivity index is 2.88. The van der Waals surface area contributed by atoms with E-state index in [9.17, 15) is 4.39 Å². The molecule has 0 spiro atoms. The van der Waals surface area contributed by atoms with Crippen molar-refractivity contribution in [1.29, 1.82) is 0 Å². The SMILES string of the molecule is Fc1cc2[c]cccc2o1. The Kier molecular flexibility index (Phi) is 1.01. The fourth-order valence-corrected chi connectivity index (χ4v) is 0.884. The molecule has 1 aromatic carbocycles. The topological polar surface area (TPSA) is 13.1 Å². The van der Waals surface area contributed by atoms with Gasteiger partial charge in [0.15, 0.2) is 0 Å². The summed E-state index contributed by atoms with van der Waals surface area (Å²) < 4.78 is 17.0. The molecule has 0 atom stereocenters. The molecule has 49 valence electrons. The molecule has 2 rings (SSSR count). The quantitative estimate of drug-likeness (QED) is 0.540. The molecule has 0 fully saturated rings. The van der Waals surface area contributed by atoms with E-state index in [-0.39, 0.29) is 0 Å². The smallest absolute Gasteiger partial charge is 0.278 e. The molecule has 1 heterocycles.